The number of piperidine rings is 1. The number of hydrogen-bond acceptors (Lipinski definition) is 5. The second-order valence-electron chi connectivity index (χ2n) is 3.94. The second kappa shape index (κ2) is 4.05. The maximum Gasteiger partial charge on any atom is 0.238 e. The molecule has 2 aromatic rings. The van der Waals surface area contributed by atoms with Gasteiger partial charge in [0.1, 0.15) is 0 Å². The predicted molar refractivity (Wildman–Crippen MR) is 56.7 cm³/mol. The molecular formula is C10H13N5O. The van der Waals surface area contributed by atoms with Gasteiger partial charge in [0.25, 0.3) is 0 Å². The molecule has 1 atom stereocenters. The summed E-state index contributed by atoms with van der Waals surface area (Å²) in [5.41, 5.74) is 0. The highest BCUT2D eigenvalue weighted by atomic mass is 16.5. The van der Waals surface area contributed by atoms with Gasteiger partial charge in [-0.2, -0.15) is 4.98 Å². The Hall–Kier alpha value is -1.69. The molecule has 2 N–H and O–H groups in total. The first-order valence-electron chi connectivity index (χ1n) is 5.47. The van der Waals surface area contributed by atoms with Crippen LogP contribution in [0.25, 0.3) is 11.6 Å². The van der Waals surface area contributed by atoms with E-state index < -0.39 is 0 Å². The van der Waals surface area contributed by atoms with Crippen LogP contribution in [0.5, 0.6) is 0 Å². The van der Waals surface area contributed by atoms with E-state index in [1.54, 1.807) is 12.4 Å². The monoisotopic (exact) mass is 219 g/mol. The lowest BCUT2D eigenvalue weighted by Gasteiger charge is -2.18. The summed E-state index contributed by atoms with van der Waals surface area (Å²) < 4.78 is 5.27. The number of aromatic nitrogens is 4. The van der Waals surface area contributed by atoms with E-state index >= 15 is 0 Å². The summed E-state index contributed by atoms with van der Waals surface area (Å²) in [6, 6.07) is 0. The van der Waals surface area contributed by atoms with E-state index in [2.05, 4.69) is 25.4 Å². The van der Waals surface area contributed by atoms with Crippen molar-refractivity contribution < 1.29 is 4.52 Å². The van der Waals surface area contributed by atoms with E-state index in [9.17, 15) is 0 Å². The van der Waals surface area contributed by atoms with Crippen molar-refractivity contribution >= 4 is 0 Å². The van der Waals surface area contributed by atoms with Gasteiger partial charge in [-0.3, -0.25) is 0 Å². The third-order valence-corrected chi connectivity index (χ3v) is 2.80. The second-order valence-corrected chi connectivity index (χ2v) is 3.94. The quantitative estimate of drug-likeness (QED) is 0.785. The van der Waals surface area contributed by atoms with Gasteiger partial charge in [0.15, 0.2) is 5.82 Å². The number of rotatable bonds is 2. The average Bonchev–Trinajstić information content (AvgIpc) is 3.01. The fourth-order valence-corrected chi connectivity index (χ4v) is 1.95. The Bertz CT molecular complexity index is 443. The summed E-state index contributed by atoms with van der Waals surface area (Å²) in [5, 5.41) is 7.25. The van der Waals surface area contributed by atoms with Crippen molar-refractivity contribution in [1.82, 2.24) is 25.4 Å². The summed E-state index contributed by atoms with van der Waals surface area (Å²) in [6.45, 7) is 2.00. The number of nitrogens with one attached hydrogen (secondary N) is 2. The fourth-order valence-electron chi connectivity index (χ4n) is 1.95. The van der Waals surface area contributed by atoms with Crippen molar-refractivity contribution in [2.45, 2.75) is 18.8 Å². The topological polar surface area (TPSA) is 79.6 Å². The molecule has 6 heteroatoms. The van der Waals surface area contributed by atoms with Crippen molar-refractivity contribution in [2.75, 3.05) is 13.1 Å². The van der Waals surface area contributed by atoms with Crippen LogP contribution in [-0.2, 0) is 0 Å². The molecule has 0 spiro atoms. The minimum atomic E-state index is 0.338. The summed E-state index contributed by atoms with van der Waals surface area (Å²) in [5.74, 6) is 2.23. The molecule has 2 aromatic heterocycles. The molecule has 1 saturated heterocycles. The van der Waals surface area contributed by atoms with Gasteiger partial charge in [0, 0.05) is 18.9 Å². The fraction of sp³-hybridized carbons (Fsp3) is 0.500. The summed E-state index contributed by atoms with van der Waals surface area (Å²) in [7, 11) is 0. The minimum absolute atomic E-state index is 0.338. The largest absolute Gasteiger partial charge is 0.342 e. The van der Waals surface area contributed by atoms with E-state index in [0.29, 0.717) is 23.5 Å². The molecule has 16 heavy (non-hydrogen) atoms. The minimum Gasteiger partial charge on any atom is -0.342 e. The first-order valence-corrected chi connectivity index (χ1v) is 5.47. The zero-order valence-corrected chi connectivity index (χ0v) is 8.81. The third-order valence-electron chi connectivity index (χ3n) is 2.80. The molecule has 0 aliphatic carbocycles. The molecule has 0 radical (unpaired) electrons. The Morgan fingerprint density at radius 2 is 2.44 bits per heavy atom. The Morgan fingerprint density at radius 1 is 1.44 bits per heavy atom. The third kappa shape index (κ3) is 1.71. The molecule has 0 saturated carbocycles. The lowest BCUT2D eigenvalue weighted by atomic mass is 10.00. The number of hydrogen-bond donors (Lipinski definition) is 2. The first kappa shape index (κ1) is 9.53. The Balaban J connectivity index is 1.82. The highest BCUT2D eigenvalue weighted by Gasteiger charge is 2.22. The molecular weight excluding hydrogens is 206 g/mol. The first-order chi connectivity index (χ1) is 7.93. The zero-order chi connectivity index (χ0) is 10.8. The smallest absolute Gasteiger partial charge is 0.238 e. The summed E-state index contributed by atoms with van der Waals surface area (Å²) in [4.78, 5) is 11.4. The SMILES string of the molecule is c1c[nH]c(-c2noc([C@H]3CCCNC3)n2)n1. The molecule has 1 fully saturated rings. The zero-order valence-electron chi connectivity index (χ0n) is 8.81. The van der Waals surface area contributed by atoms with Crippen molar-refractivity contribution in [3.8, 4) is 11.6 Å². The maximum absolute atomic E-state index is 5.27. The maximum atomic E-state index is 5.27. The Kier molecular flexibility index (Phi) is 2.41. The van der Waals surface area contributed by atoms with Crippen LogP contribution in [0.2, 0.25) is 0 Å². The van der Waals surface area contributed by atoms with Crippen LogP contribution >= 0.6 is 0 Å². The van der Waals surface area contributed by atoms with Gasteiger partial charge in [-0.25, -0.2) is 4.98 Å². The van der Waals surface area contributed by atoms with Crippen LogP contribution in [0.1, 0.15) is 24.7 Å². The molecule has 0 amide bonds. The normalized spacial score (nSPS) is 21.1. The number of aromatic amines is 1. The van der Waals surface area contributed by atoms with Gasteiger partial charge >= 0.3 is 0 Å². The Morgan fingerprint density at radius 3 is 3.19 bits per heavy atom. The van der Waals surface area contributed by atoms with Gasteiger partial charge in [-0.05, 0) is 19.4 Å². The van der Waals surface area contributed by atoms with Crippen molar-refractivity contribution in [1.29, 1.82) is 0 Å². The molecule has 3 rings (SSSR count). The highest BCUT2D eigenvalue weighted by molar-refractivity contribution is 5.40. The van der Waals surface area contributed by atoms with Gasteiger partial charge in [0.2, 0.25) is 11.7 Å². The van der Waals surface area contributed by atoms with Crippen LogP contribution in [0, 0.1) is 0 Å². The number of imidazole rings is 1. The number of nitrogens with zero attached hydrogens (tertiary/aromatic N) is 3. The van der Waals surface area contributed by atoms with Crippen LogP contribution in [-0.4, -0.2) is 33.2 Å². The van der Waals surface area contributed by atoms with Crippen molar-refractivity contribution in [3.63, 3.8) is 0 Å². The van der Waals surface area contributed by atoms with E-state index in [4.69, 9.17) is 4.52 Å². The van der Waals surface area contributed by atoms with E-state index in [0.717, 1.165) is 25.9 Å². The van der Waals surface area contributed by atoms with Gasteiger partial charge in [0.05, 0.1) is 5.92 Å². The Labute approximate surface area is 92.5 Å². The lowest BCUT2D eigenvalue weighted by molar-refractivity contribution is 0.322. The molecule has 1 aliphatic rings. The van der Waals surface area contributed by atoms with Crippen molar-refractivity contribution in [2.24, 2.45) is 0 Å². The van der Waals surface area contributed by atoms with Crippen molar-refractivity contribution in [3.05, 3.63) is 18.3 Å². The van der Waals surface area contributed by atoms with Gasteiger partial charge in [-0.1, -0.05) is 5.16 Å². The summed E-state index contributed by atoms with van der Waals surface area (Å²) >= 11 is 0. The molecule has 84 valence electrons. The van der Waals surface area contributed by atoms with E-state index in [1.165, 1.54) is 0 Å². The standard InChI is InChI=1S/C10H13N5O/c1-2-7(6-11-3-1)10-14-9(15-16-10)8-12-4-5-13-8/h4-5,7,11H,1-3,6H2,(H,12,13)/t7-/m0/s1. The molecule has 3 heterocycles. The average molecular weight is 219 g/mol. The van der Waals surface area contributed by atoms with Crippen LogP contribution in [0.15, 0.2) is 16.9 Å². The molecule has 0 aromatic carbocycles. The molecule has 0 bridgehead atoms. The van der Waals surface area contributed by atoms with Gasteiger partial charge in [-0.15, -0.1) is 0 Å². The van der Waals surface area contributed by atoms with E-state index in [1.807, 2.05) is 0 Å². The lowest BCUT2D eigenvalue weighted by Crippen LogP contribution is -2.28. The van der Waals surface area contributed by atoms with Gasteiger partial charge < -0.3 is 14.8 Å². The summed E-state index contributed by atoms with van der Waals surface area (Å²) in [6.07, 6.45) is 5.68. The van der Waals surface area contributed by atoms with Crippen LogP contribution < -0.4 is 5.32 Å². The highest BCUT2D eigenvalue weighted by Crippen LogP contribution is 2.23. The molecule has 6 nitrogen and oxygen atoms in total. The number of H-pyrrole nitrogens is 1. The predicted octanol–water partition coefficient (Wildman–Crippen LogP) is 0.927. The molecule has 1 aliphatic heterocycles. The molecule has 0 unspecified atom stereocenters. The van der Waals surface area contributed by atoms with Crippen LogP contribution in [0.4, 0.5) is 0 Å². The van der Waals surface area contributed by atoms with Crippen LogP contribution in [0.3, 0.4) is 0 Å². The van der Waals surface area contributed by atoms with E-state index in [-0.39, 0.29) is 0 Å².